The van der Waals surface area contributed by atoms with E-state index in [4.69, 9.17) is 0 Å². The Morgan fingerprint density at radius 2 is 2.00 bits per heavy atom. The maximum atomic E-state index is 12.3. The third kappa shape index (κ3) is 3.40. The molecule has 4 nitrogen and oxygen atoms in total. The van der Waals surface area contributed by atoms with Crippen LogP contribution in [0.15, 0.2) is 30.3 Å². The molecule has 0 bridgehead atoms. The maximum absolute atomic E-state index is 12.3. The molecule has 0 heterocycles. The third-order valence-electron chi connectivity index (χ3n) is 2.99. The Morgan fingerprint density at radius 1 is 1.33 bits per heavy atom. The molecule has 2 rings (SSSR count). The van der Waals surface area contributed by atoms with Crippen LogP contribution in [0.4, 0.5) is 0 Å². The standard InChI is InChI=1S/C14H17NO3/c1-18-13(16)9-12(15-11-7-8-11)14(17)10-5-3-2-4-6-10/h2-6,11-12,15H,7-9H2,1H3. The van der Waals surface area contributed by atoms with E-state index in [0.717, 1.165) is 12.8 Å². The molecule has 1 N–H and O–H groups in total. The fourth-order valence-electron chi connectivity index (χ4n) is 1.82. The van der Waals surface area contributed by atoms with Crippen LogP contribution < -0.4 is 5.32 Å². The molecular weight excluding hydrogens is 230 g/mol. The minimum absolute atomic E-state index is 0.0482. The first-order valence-electron chi connectivity index (χ1n) is 6.13. The molecule has 1 saturated carbocycles. The lowest BCUT2D eigenvalue weighted by atomic mass is 10.0. The molecule has 1 fully saturated rings. The van der Waals surface area contributed by atoms with E-state index < -0.39 is 6.04 Å². The summed E-state index contributed by atoms with van der Waals surface area (Å²) in [5.74, 6) is -0.412. The van der Waals surface area contributed by atoms with Gasteiger partial charge >= 0.3 is 5.97 Å². The molecule has 1 atom stereocenters. The summed E-state index contributed by atoms with van der Waals surface area (Å²) in [6.45, 7) is 0. The van der Waals surface area contributed by atoms with Gasteiger partial charge in [-0.3, -0.25) is 9.59 Å². The second kappa shape index (κ2) is 5.78. The number of ether oxygens (including phenoxy) is 1. The van der Waals surface area contributed by atoms with E-state index in [-0.39, 0.29) is 18.2 Å². The van der Waals surface area contributed by atoms with Gasteiger partial charge in [0.1, 0.15) is 0 Å². The van der Waals surface area contributed by atoms with E-state index in [2.05, 4.69) is 10.1 Å². The molecule has 1 aromatic rings. The Morgan fingerprint density at radius 3 is 2.56 bits per heavy atom. The van der Waals surface area contributed by atoms with Crippen LogP contribution in [0.1, 0.15) is 29.6 Å². The van der Waals surface area contributed by atoms with Crippen LogP contribution in [0.2, 0.25) is 0 Å². The molecule has 96 valence electrons. The number of ketones is 1. The molecule has 1 aliphatic rings. The van der Waals surface area contributed by atoms with Crippen LogP contribution in [0.3, 0.4) is 0 Å². The summed E-state index contributed by atoms with van der Waals surface area (Å²) < 4.78 is 4.64. The lowest BCUT2D eigenvalue weighted by molar-refractivity contribution is -0.140. The number of hydrogen-bond donors (Lipinski definition) is 1. The Bertz CT molecular complexity index is 426. The van der Waals surface area contributed by atoms with Crippen molar-refractivity contribution in [3.8, 4) is 0 Å². The van der Waals surface area contributed by atoms with Crippen molar-refractivity contribution in [3.63, 3.8) is 0 Å². The van der Waals surface area contributed by atoms with E-state index >= 15 is 0 Å². The van der Waals surface area contributed by atoms with Crippen molar-refractivity contribution >= 4 is 11.8 Å². The van der Waals surface area contributed by atoms with Crippen LogP contribution in [0, 0.1) is 0 Å². The normalized spacial score (nSPS) is 16.1. The summed E-state index contributed by atoms with van der Waals surface area (Å²) in [6, 6.07) is 8.92. The van der Waals surface area contributed by atoms with E-state index in [1.54, 1.807) is 12.1 Å². The number of methoxy groups -OCH3 is 1. The molecule has 0 aliphatic heterocycles. The van der Waals surface area contributed by atoms with Crippen LogP contribution in [-0.2, 0) is 9.53 Å². The average molecular weight is 247 g/mol. The largest absolute Gasteiger partial charge is 0.469 e. The fraction of sp³-hybridized carbons (Fsp3) is 0.429. The number of nitrogens with one attached hydrogen (secondary N) is 1. The molecule has 4 heteroatoms. The maximum Gasteiger partial charge on any atom is 0.307 e. The molecule has 1 unspecified atom stereocenters. The number of hydrogen-bond acceptors (Lipinski definition) is 4. The molecule has 0 saturated heterocycles. The van der Waals surface area contributed by atoms with Gasteiger partial charge in [-0.1, -0.05) is 30.3 Å². The van der Waals surface area contributed by atoms with Crippen LogP contribution in [0.25, 0.3) is 0 Å². The van der Waals surface area contributed by atoms with Gasteiger partial charge in [-0.15, -0.1) is 0 Å². The lowest BCUT2D eigenvalue weighted by Crippen LogP contribution is -2.40. The zero-order valence-electron chi connectivity index (χ0n) is 10.4. The predicted molar refractivity (Wildman–Crippen MR) is 67.4 cm³/mol. The molecule has 1 aliphatic carbocycles. The van der Waals surface area contributed by atoms with E-state index in [1.807, 2.05) is 18.2 Å². The van der Waals surface area contributed by atoms with Gasteiger partial charge < -0.3 is 10.1 Å². The van der Waals surface area contributed by atoms with E-state index in [0.29, 0.717) is 11.6 Å². The van der Waals surface area contributed by atoms with Gasteiger partial charge in [-0.05, 0) is 12.8 Å². The van der Waals surface area contributed by atoms with Gasteiger partial charge in [-0.25, -0.2) is 0 Å². The lowest BCUT2D eigenvalue weighted by Gasteiger charge is -2.16. The topological polar surface area (TPSA) is 55.4 Å². The minimum atomic E-state index is -0.479. The third-order valence-corrected chi connectivity index (χ3v) is 2.99. The summed E-state index contributed by atoms with van der Waals surface area (Å²) in [7, 11) is 1.34. The number of Topliss-reactive ketones (excluding diaryl/α,β-unsaturated/α-hetero) is 1. The Kier molecular flexibility index (Phi) is 4.10. The predicted octanol–water partition coefficient (Wildman–Crippen LogP) is 1.55. The highest BCUT2D eigenvalue weighted by atomic mass is 16.5. The van der Waals surface area contributed by atoms with E-state index in [1.165, 1.54) is 7.11 Å². The molecule has 0 amide bonds. The quantitative estimate of drug-likeness (QED) is 0.612. The van der Waals surface area contributed by atoms with Crippen LogP contribution in [0.5, 0.6) is 0 Å². The number of carbonyl (C=O) groups excluding carboxylic acids is 2. The Hall–Kier alpha value is -1.68. The smallest absolute Gasteiger partial charge is 0.307 e. The van der Waals surface area contributed by atoms with Crippen LogP contribution >= 0.6 is 0 Å². The molecule has 0 radical (unpaired) electrons. The first kappa shape index (κ1) is 12.8. The molecule has 0 spiro atoms. The number of rotatable bonds is 6. The first-order valence-corrected chi connectivity index (χ1v) is 6.13. The average Bonchev–Trinajstić information content (AvgIpc) is 3.22. The van der Waals surface area contributed by atoms with Gasteiger partial charge in [0.2, 0.25) is 0 Å². The number of benzene rings is 1. The first-order chi connectivity index (χ1) is 8.70. The summed E-state index contributed by atoms with van der Waals surface area (Å²) in [5, 5.41) is 3.20. The van der Waals surface area contributed by atoms with Crippen molar-refractivity contribution < 1.29 is 14.3 Å². The van der Waals surface area contributed by atoms with Crippen molar-refractivity contribution in [1.29, 1.82) is 0 Å². The SMILES string of the molecule is COC(=O)CC(NC1CC1)C(=O)c1ccccc1. The van der Waals surface area contributed by atoms with Crippen LogP contribution in [-0.4, -0.2) is 30.9 Å². The highest BCUT2D eigenvalue weighted by molar-refractivity contribution is 6.01. The molecule has 18 heavy (non-hydrogen) atoms. The second-order valence-electron chi connectivity index (χ2n) is 4.50. The van der Waals surface area contributed by atoms with Crippen molar-refractivity contribution in [2.75, 3.05) is 7.11 Å². The Labute approximate surface area is 106 Å². The van der Waals surface area contributed by atoms with Gasteiger partial charge in [0, 0.05) is 11.6 Å². The molecule has 1 aromatic carbocycles. The van der Waals surface area contributed by atoms with Crippen molar-refractivity contribution in [2.45, 2.75) is 31.3 Å². The van der Waals surface area contributed by atoms with Gasteiger partial charge in [0.05, 0.1) is 19.6 Å². The zero-order valence-corrected chi connectivity index (χ0v) is 10.4. The summed E-state index contributed by atoms with van der Waals surface area (Å²) in [4.78, 5) is 23.6. The van der Waals surface area contributed by atoms with Crippen molar-refractivity contribution in [1.82, 2.24) is 5.32 Å². The molecule has 0 aromatic heterocycles. The van der Waals surface area contributed by atoms with Crippen molar-refractivity contribution in [2.24, 2.45) is 0 Å². The highest BCUT2D eigenvalue weighted by Crippen LogP contribution is 2.21. The second-order valence-corrected chi connectivity index (χ2v) is 4.50. The van der Waals surface area contributed by atoms with Gasteiger partial charge in [0.25, 0.3) is 0 Å². The summed E-state index contributed by atoms with van der Waals surface area (Å²) in [6.07, 6.45) is 2.22. The van der Waals surface area contributed by atoms with Gasteiger partial charge in [-0.2, -0.15) is 0 Å². The van der Waals surface area contributed by atoms with E-state index in [9.17, 15) is 9.59 Å². The monoisotopic (exact) mass is 247 g/mol. The minimum Gasteiger partial charge on any atom is -0.469 e. The Balaban J connectivity index is 2.07. The number of carbonyl (C=O) groups is 2. The van der Waals surface area contributed by atoms with Gasteiger partial charge in [0.15, 0.2) is 5.78 Å². The highest BCUT2D eigenvalue weighted by Gasteiger charge is 2.30. The fourth-order valence-corrected chi connectivity index (χ4v) is 1.82. The summed E-state index contributed by atoms with van der Waals surface area (Å²) >= 11 is 0. The molecular formula is C14H17NO3. The zero-order chi connectivity index (χ0) is 13.0. The van der Waals surface area contributed by atoms with Crippen molar-refractivity contribution in [3.05, 3.63) is 35.9 Å². The summed E-state index contributed by atoms with van der Waals surface area (Å²) in [5.41, 5.74) is 0.625. The number of esters is 1.